The largest absolute Gasteiger partial charge is 0.451 e. The van der Waals surface area contributed by atoms with Crippen molar-refractivity contribution in [1.29, 1.82) is 0 Å². The highest BCUT2D eigenvalue weighted by Gasteiger charge is 2.17. The van der Waals surface area contributed by atoms with E-state index in [0.29, 0.717) is 14.9 Å². The maximum Gasteiger partial charge on any atom is 0.348 e. The summed E-state index contributed by atoms with van der Waals surface area (Å²) >= 11 is 6.81. The minimum absolute atomic E-state index is 0.144. The Bertz CT molecular complexity index is 773. The molecular formula is C17H17ClN2O4S. The number of carbonyl (C=O) groups is 3. The van der Waals surface area contributed by atoms with E-state index in [-0.39, 0.29) is 12.5 Å². The molecule has 0 aliphatic carbocycles. The Morgan fingerprint density at radius 2 is 1.84 bits per heavy atom. The predicted molar refractivity (Wildman–Crippen MR) is 97.1 cm³/mol. The molecule has 0 unspecified atom stereocenters. The molecule has 2 aromatic rings. The van der Waals surface area contributed by atoms with Gasteiger partial charge in [-0.2, -0.15) is 0 Å². The molecule has 2 amide bonds. The van der Waals surface area contributed by atoms with Crippen molar-refractivity contribution in [2.75, 3.05) is 25.5 Å². The van der Waals surface area contributed by atoms with Crippen LogP contribution in [0.25, 0.3) is 0 Å². The summed E-state index contributed by atoms with van der Waals surface area (Å²) in [4.78, 5) is 37.2. The number of rotatable bonds is 6. The van der Waals surface area contributed by atoms with Crippen molar-refractivity contribution in [3.05, 3.63) is 51.2 Å². The Balaban J connectivity index is 1.78. The van der Waals surface area contributed by atoms with Gasteiger partial charge in [0.05, 0.1) is 10.9 Å². The molecule has 0 fully saturated rings. The summed E-state index contributed by atoms with van der Waals surface area (Å²) in [6, 6.07) is 10.4. The third-order valence-corrected chi connectivity index (χ3v) is 4.45. The maximum absolute atomic E-state index is 12.0. The molecule has 8 heteroatoms. The van der Waals surface area contributed by atoms with Crippen LogP contribution in [0.3, 0.4) is 0 Å². The van der Waals surface area contributed by atoms with E-state index in [0.717, 1.165) is 16.9 Å². The molecule has 0 saturated carbocycles. The smallest absolute Gasteiger partial charge is 0.348 e. The fourth-order valence-electron chi connectivity index (χ4n) is 1.87. The molecule has 1 aromatic heterocycles. The molecular weight excluding hydrogens is 364 g/mol. The Labute approximate surface area is 154 Å². The molecule has 25 heavy (non-hydrogen) atoms. The van der Waals surface area contributed by atoms with Crippen LogP contribution in [-0.2, 0) is 14.3 Å². The topological polar surface area (TPSA) is 75.7 Å². The maximum atomic E-state index is 12.0. The van der Waals surface area contributed by atoms with Gasteiger partial charge in [-0.15, -0.1) is 11.3 Å². The average Bonchev–Trinajstić information content (AvgIpc) is 3.00. The van der Waals surface area contributed by atoms with Gasteiger partial charge >= 0.3 is 5.97 Å². The molecule has 1 heterocycles. The number of nitrogens with one attached hydrogen (secondary N) is 1. The summed E-state index contributed by atoms with van der Waals surface area (Å²) in [6.45, 7) is 1.36. The van der Waals surface area contributed by atoms with E-state index < -0.39 is 18.5 Å². The van der Waals surface area contributed by atoms with Crippen LogP contribution in [0.1, 0.15) is 15.2 Å². The summed E-state index contributed by atoms with van der Waals surface area (Å²) in [7, 11) is 1.47. The minimum atomic E-state index is -0.622. The third kappa shape index (κ3) is 5.88. The van der Waals surface area contributed by atoms with E-state index in [1.165, 1.54) is 18.0 Å². The summed E-state index contributed by atoms with van der Waals surface area (Å²) in [5, 5.41) is 2.69. The molecule has 1 N–H and O–H groups in total. The number of nitrogens with zero attached hydrogens (tertiary/aromatic N) is 1. The number of ether oxygens (including phenoxy) is 1. The lowest BCUT2D eigenvalue weighted by atomic mass is 10.2. The fourth-order valence-corrected chi connectivity index (χ4v) is 2.81. The van der Waals surface area contributed by atoms with Gasteiger partial charge in [0.1, 0.15) is 4.88 Å². The Hall–Kier alpha value is -2.38. The first kappa shape index (κ1) is 19.0. The summed E-state index contributed by atoms with van der Waals surface area (Å²) in [5.41, 5.74) is 1.73. The lowest BCUT2D eigenvalue weighted by Gasteiger charge is -2.16. The van der Waals surface area contributed by atoms with Crippen molar-refractivity contribution < 1.29 is 19.1 Å². The number of hydrogen-bond donors (Lipinski definition) is 1. The zero-order chi connectivity index (χ0) is 18.4. The first-order valence-corrected chi connectivity index (χ1v) is 8.57. The third-order valence-electron chi connectivity index (χ3n) is 3.24. The molecule has 0 spiro atoms. The molecule has 132 valence electrons. The lowest BCUT2D eigenvalue weighted by Crippen LogP contribution is -2.37. The van der Waals surface area contributed by atoms with Crippen LogP contribution >= 0.6 is 22.9 Å². The van der Waals surface area contributed by atoms with Crippen LogP contribution < -0.4 is 5.32 Å². The zero-order valence-electron chi connectivity index (χ0n) is 13.7. The van der Waals surface area contributed by atoms with Gasteiger partial charge in [0.25, 0.3) is 5.91 Å². The quantitative estimate of drug-likeness (QED) is 0.782. The zero-order valence-corrected chi connectivity index (χ0v) is 15.3. The number of halogens is 1. The van der Waals surface area contributed by atoms with E-state index >= 15 is 0 Å². The molecule has 0 bridgehead atoms. The second-order valence-electron chi connectivity index (χ2n) is 5.34. The number of hydrogen-bond acceptors (Lipinski definition) is 5. The van der Waals surface area contributed by atoms with Gasteiger partial charge in [0.15, 0.2) is 6.61 Å². The fraction of sp³-hybridized carbons (Fsp3) is 0.235. The lowest BCUT2D eigenvalue weighted by molar-refractivity contribution is -0.136. The Kier molecular flexibility index (Phi) is 6.55. The van der Waals surface area contributed by atoms with Crippen molar-refractivity contribution >= 4 is 46.4 Å². The van der Waals surface area contributed by atoms with Crippen LogP contribution in [-0.4, -0.2) is 42.9 Å². The van der Waals surface area contributed by atoms with Gasteiger partial charge in [0, 0.05) is 12.7 Å². The molecule has 0 saturated heterocycles. The standard InChI is InChI=1S/C17H17ClN2O4S/c1-11-3-5-12(6-4-11)19-15(21)9-20(2)16(22)10-24-17(23)13-7-8-14(18)25-13/h3-8H,9-10H2,1-2H3,(H,19,21). The van der Waals surface area contributed by atoms with Crippen LogP contribution in [0.4, 0.5) is 5.69 Å². The number of esters is 1. The van der Waals surface area contributed by atoms with E-state index in [4.69, 9.17) is 16.3 Å². The molecule has 2 rings (SSSR count). The number of carbonyl (C=O) groups excluding carboxylic acids is 3. The molecule has 6 nitrogen and oxygen atoms in total. The number of benzene rings is 1. The average molecular weight is 381 g/mol. The number of thiophene rings is 1. The molecule has 0 radical (unpaired) electrons. The normalized spacial score (nSPS) is 10.2. The minimum Gasteiger partial charge on any atom is -0.451 e. The summed E-state index contributed by atoms with van der Waals surface area (Å²) in [5.74, 6) is -1.44. The predicted octanol–water partition coefficient (Wildman–Crippen LogP) is 2.96. The van der Waals surface area contributed by atoms with Crippen LogP contribution in [0, 0.1) is 6.92 Å². The van der Waals surface area contributed by atoms with E-state index in [9.17, 15) is 14.4 Å². The summed E-state index contributed by atoms with van der Waals surface area (Å²) < 4.78 is 5.39. The first-order valence-electron chi connectivity index (χ1n) is 7.38. The number of likely N-dealkylation sites (N-methyl/N-ethyl adjacent to an activating group) is 1. The van der Waals surface area contributed by atoms with E-state index in [1.807, 2.05) is 19.1 Å². The van der Waals surface area contributed by atoms with Crippen molar-refractivity contribution in [2.45, 2.75) is 6.92 Å². The van der Waals surface area contributed by atoms with Crippen molar-refractivity contribution in [3.8, 4) is 0 Å². The molecule has 0 aliphatic rings. The first-order chi connectivity index (χ1) is 11.8. The van der Waals surface area contributed by atoms with Crippen LogP contribution in [0.15, 0.2) is 36.4 Å². The van der Waals surface area contributed by atoms with Crippen molar-refractivity contribution in [2.24, 2.45) is 0 Å². The Morgan fingerprint density at radius 1 is 1.16 bits per heavy atom. The SMILES string of the molecule is Cc1ccc(NC(=O)CN(C)C(=O)COC(=O)c2ccc(Cl)s2)cc1. The van der Waals surface area contributed by atoms with Gasteiger partial charge in [-0.3, -0.25) is 9.59 Å². The Morgan fingerprint density at radius 3 is 2.44 bits per heavy atom. The van der Waals surface area contributed by atoms with Gasteiger partial charge in [0.2, 0.25) is 5.91 Å². The van der Waals surface area contributed by atoms with Gasteiger partial charge < -0.3 is 15.0 Å². The number of anilines is 1. The van der Waals surface area contributed by atoms with Gasteiger partial charge in [-0.25, -0.2) is 4.79 Å². The second-order valence-corrected chi connectivity index (χ2v) is 7.06. The van der Waals surface area contributed by atoms with Crippen LogP contribution in [0.5, 0.6) is 0 Å². The van der Waals surface area contributed by atoms with E-state index in [2.05, 4.69) is 5.32 Å². The molecule has 1 aromatic carbocycles. The highest BCUT2D eigenvalue weighted by atomic mass is 35.5. The second kappa shape index (κ2) is 8.64. The van der Waals surface area contributed by atoms with Crippen molar-refractivity contribution in [3.63, 3.8) is 0 Å². The highest BCUT2D eigenvalue weighted by molar-refractivity contribution is 7.17. The number of aryl methyl sites for hydroxylation is 1. The van der Waals surface area contributed by atoms with Gasteiger partial charge in [-0.1, -0.05) is 29.3 Å². The van der Waals surface area contributed by atoms with Crippen LogP contribution in [0.2, 0.25) is 4.34 Å². The monoisotopic (exact) mass is 380 g/mol. The van der Waals surface area contributed by atoms with Gasteiger partial charge in [-0.05, 0) is 31.2 Å². The highest BCUT2D eigenvalue weighted by Crippen LogP contribution is 2.21. The molecule has 0 atom stereocenters. The molecule has 0 aliphatic heterocycles. The van der Waals surface area contributed by atoms with Crippen molar-refractivity contribution in [1.82, 2.24) is 4.90 Å². The summed E-state index contributed by atoms with van der Waals surface area (Å²) in [6.07, 6.45) is 0. The number of amides is 2. The van der Waals surface area contributed by atoms with E-state index in [1.54, 1.807) is 18.2 Å².